The third-order valence-electron chi connectivity index (χ3n) is 3.64. The van der Waals surface area contributed by atoms with Crippen molar-refractivity contribution in [1.29, 1.82) is 0 Å². The maximum absolute atomic E-state index is 12.0. The molecule has 24 heavy (non-hydrogen) atoms. The second-order valence-electron chi connectivity index (χ2n) is 5.58. The summed E-state index contributed by atoms with van der Waals surface area (Å²) < 4.78 is 0. The number of benzene rings is 2. The summed E-state index contributed by atoms with van der Waals surface area (Å²) in [6, 6.07) is 17.0. The number of rotatable bonds is 7. The lowest BCUT2D eigenvalue weighted by Gasteiger charge is -2.21. The van der Waals surface area contributed by atoms with Gasteiger partial charge < -0.3 is 10.2 Å². The quantitative estimate of drug-likeness (QED) is 0.839. The van der Waals surface area contributed by atoms with E-state index in [1.54, 1.807) is 24.0 Å². The summed E-state index contributed by atoms with van der Waals surface area (Å²) in [6.07, 6.45) is 0.302. The molecule has 0 atom stereocenters. The number of carbonyl (C=O) groups excluding carboxylic acids is 2. The Morgan fingerprint density at radius 2 is 1.67 bits per heavy atom. The van der Waals surface area contributed by atoms with E-state index in [4.69, 9.17) is 11.6 Å². The third-order valence-corrected chi connectivity index (χ3v) is 3.90. The summed E-state index contributed by atoms with van der Waals surface area (Å²) in [5.74, 6) is -0.0775. The molecule has 0 fully saturated rings. The number of carbonyl (C=O) groups is 2. The summed E-state index contributed by atoms with van der Waals surface area (Å²) in [5, 5.41) is 3.50. The average molecular weight is 345 g/mol. The predicted octanol–water partition coefficient (Wildman–Crippen LogP) is 3.05. The normalized spacial score (nSPS) is 10.2. The van der Waals surface area contributed by atoms with Crippen molar-refractivity contribution in [2.24, 2.45) is 0 Å². The van der Waals surface area contributed by atoms with Gasteiger partial charge in [-0.05, 0) is 23.3 Å². The van der Waals surface area contributed by atoms with Crippen LogP contribution in [0.25, 0.3) is 0 Å². The van der Waals surface area contributed by atoms with Crippen molar-refractivity contribution in [2.75, 3.05) is 13.1 Å². The van der Waals surface area contributed by atoms with Crippen LogP contribution < -0.4 is 5.32 Å². The van der Waals surface area contributed by atoms with Crippen LogP contribution in [0.1, 0.15) is 18.1 Å². The summed E-state index contributed by atoms with van der Waals surface area (Å²) in [7, 11) is 0. The van der Waals surface area contributed by atoms with Gasteiger partial charge in [0.15, 0.2) is 0 Å². The first-order valence-electron chi connectivity index (χ1n) is 7.85. The van der Waals surface area contributed by atoms with Crippen LogP contribution in [0.4, 0.5) is 0 Å². The molecule has 2 rings (SSSR count). The van der Waals surface area contributed by atoms with Crippen molar-refractivity contribution in [3.8, 4) is 0 Å². The van der Waals surface area contributed by atoms with Crippen LogP contribution in [0.15, 0.2) is 54.6 Å². The molecule has 2 aromatic rings. The molecule has 0 saturated carbocycles. The van der Waals surface area contributed by atoms with E-state index in [9.17, 15) is 9.59 Å². The minimum Gasteiger partial charge on any atom is -0.354 e. The van der Waals surface area contributed by atoms with E-state index < -0.39 is 0 Å². The molecule has 0 unspecified atom stereocenters. The fraction of sp³-hybridized carbons (Fsp3) is 0.263. The van der Waals surface area contributed by atoms with E-state index in [2.05, 4.69) is 5.32 Å². The number of hydrogen-bond donors (Lipinski definition) is 1. The molecule has 2 aromatic carbocycles. The van der Waals surface area contributed by atoms with Crippen molar-refractivity contribution in [3.05, 3.63) is 70.7 Å². The Hall–Kier alpha value is -2.33. The van der Waals surface area contributed by atoms with Gasteiger partial charge in [0.25, 0.3) is 0 Å². The highest BCUT2D eigenvalue weighted by Gasteiger charge is 2.10. The highest BCUT2D eigenvalue weighted by Crippen LogP contribution is 2.10. The van der Waals surface area contributed by atoms with Crippen LogP contribution in [0.5, 0.6) is 0 Å². The summed E-state index contributed by atoms with van der Waals surface area (Å²) in [4.78, 5) is 25.4. The van der Waals surface area contributed by atoms with Gasteiger partial charge in [0.1, 0.15) is 0 Å². The van der Waals surface area contributed by atoms with Gasteiger partial charge in [-0.2, -0.15) is 0 Å². The molecular formula is C19H21ClN2O2. The molecule has 0 spiro atoms. The molecule has 0 bridgehead atoms. The zero-order valence-electron chi connectivity index (χ0n) is 13.7. The molecule has 1 N–H and O–H groups in total. The van der Waals surface area contributed by atoms with Gasteiger partial charge in [-0.1, -0.05) is 54.1 Å². The molecule has 0 heterocycles. The van der Waals surface area contributed by atoms with E-state index in [1.807, 2.05) is 42.5 Å². The molecule has 0 radical (unpaired) electrons. The Bertz CT molecular complexity index is 672. The largest absolute Gasteiger partial charge is 0.354 e. The van der Waals surface area contributed by atoms with Gasteiger partial charge in [0.05, 0.1) is 6.42 Å². The van der Waals surface area contributed by atoms with Gasteiger partial charge in [-0.15, -0.1) is 0 Å². The Balaban J connectivity index is 1.78. The molecule has 2 amide bonds. The van der Waals surface area contributed by atoms with Crippen LogP contribution in [0, 0.1) is 0 Å². The lowest BCUT2D eigenvalue weighted by atomic mass is 10.1. The molecular weight excluding hydrogens is 324 g/mol. The minimum absolute atomic E-state index is 0.00852. The topological polar surface area (TPSA) is 49.4 Å². The lowest BCUT2D eigenvalue weighted by molar-refractivity contribution is -0.130. The van der Waals surface area contributed by atoms with Crippen LogP contribution in [0.3, 0.4) is 0 Å². The van der Waals surface area contributed by atoms with Crippen molar-refractivity contribution >= 4 is 23.4 Å². The third kappa shape index (κ3) is 6.05. The molecule has 0 aromatic heterocycles. The smallest absolute Gasteiger partial charge is 0.224 e. The first-order valence-corrected chi connectivity index (χ1v) is 8.23. The van der Waals surface area contributed by atoms with Crippen molar-refractivity contribution in [2.45, 2.75) is 19.9 Å². The Morgan fingerprint density at radius 3 is 2.29 bits per heavy atom. The van der Waals surface area contributed by atoms with Crippen molar-refractivity contribution in [3.63, 3.8) is 0 Å². The van der Waals surface area contributed by atoms with E-state index in [0.29, 0.717) is 31.1 Å². The Labute approximate surface area is 147 Å². The number of amides is 2. The van der Waals surface area contributed by atoms with Gasteiger partial charge in [0.2, 0.25) is 11.8 Å². The number of nitrogens with zero attached hydrogens (tertiary/aromatic N) is 1. The van der Waals surface area contributed by atoms with E-state index >= 15 is 0 Å². The molecule has 4 nitrogen and oxygen atoms in total. The van der Waals surface area contributed by atoms with Gasteiger partial charge in [0, 0.05) is 31.6 Å². The highest BCUT2D eigenvalue weighted by atomic mass is 35.5. The molecule has 126 valence electrons. The van der Waals surface area contributed by atoms with Gasteiger partial charge in [-0.3, -0.25) is 9.59 Å². The Kier molecular flexibility index (Phi) is 6.82. The first-order chi connectivity index (χ1) is 11.5. The SMILES string of the molecule is CC(=O)N(CCNC(=O)Cc1ccc(Cl)cc1)Cc1ccccc1. The van der Waals surface area contributed by atoms with Crippen molar-refractivity contribution in [1.82, 2.24) is 10.2 Å². The average Bonchev–Trinajstić information content (AvgIpc) is 2.57. The number of nitrogens with one attached hydrogen (secondary N) is 1. The number of halogens is 1. The van der Waals surface area contributed by atoms with Gasteiger partial charge >= 0.3 is 0 Å². The highest BCUT2D eigenvalue weighted by molar-refractivity contribution is 6.30. The maximum atomic E-state index is 12.0. The van der Waals surface area contributed by atoms with E-state index in [-0.39, 0.29) is 11.8 Å². The summed E-state index contributed by atoms with van der Waals surface area (Å²) in [6.45, 7) is 3.00. The maximum Gasteiger partial charge on any atom is 0.224 e. The second-order valence-corrected chi connectivity index (χ2v) is 6.02. The first kappa shape index (κ1) is 18.0. The lowest BCUT2D eigenvalue weighted by Crippen LogP contribution is -2.37. The molecule has 5 heteroatoms. The van der Waals surface area contributed by atoms with Crippen LogP contribution in [-0.4, -0.2) is 29.8 Å². The van der Waals surface area contributed by atoms with Crippen LogP contribution in [-0.2, 0) is 22.6 Å². The monoisotopic (exact) mass is 344 g/mol. The van der Waals surface area contributed by atoms with Crippen LogP contribution in [0.2, 0.25) is 5.02 Å². The molecule has 0 aliphatic rings. The zero-order chi connectivity index (χ0) is 17.4. The summed E-state index contributed by atoms with van der Waals surface area (Å²) >= 11 is 5.82. The minimum atomic E-state index is -0.0689. The van der Waals surface area contributed by atoms with Crippen LogP contribution >= 0.6 is 11.6 Å². The second kappa shape index (κ2) is 9.08. The standard InChI is InChI=1S/C19H21ClN2O2/c1-15(23)22(14-17-5-3-2-4-6-17)12-11-21-19(24)13-16-7-9-18(20)10-8-16/h2-10H,11-14H2,1H3,(H,21,24). The Morgan fingerprint density at radius 1 is 1.00 bits per heavy atom. The van der Waals surface area contributed by atoms with Gasteiger partial charge in [-0.25, -0.2) is 0 Å². The zero-order valence-corrected chi connectivity index (χ0v) is 14.4. The predicted molar refractivity (Wildman–Crippen MR) is 95.7 cm³/mol. The summed E-state index contributed by atoms with van der Waals surface area (Å²) in [5.41, 5.74) is 1.98. The molecule has 0 aliphatic carbocycles. The van der Waals surface area contributed by atoms with Crippen molar-refractivity contribution < 1.29 is 9.59 Å². The number of hydrogen-bond acceptors (Lipinski definition) is 2. The van der Waals surface area contributed by atoms with E-state index in [0.717, 1.165) is 11.1 Å². The fourth-order valence-electron chi connectivity index (χ4n) is 2.33. The molecule has 0 aliphatic heterocycles. The van der Waals surface area contributed by atoms with E-state index in [1.165, 1.54) is 0 Å². The molecule has 0 saturated heterocycles. The fourth-order valence-corrected chi connectivity index (χ4v) is 2.46.